The third kappa shape index (κ3) is 4.29. The fourth-order valence-electron chi connectivity index (χ4n) is 3.62. The maximum atomic E-state index is 12.7. The maximum absolute atomic E-state index is 12.7. The molecule has 7 heteroatoms. The molecule has 2 aromatic rings. The average Bonchev–Trinajstić information content (AvgIpc) is 2.73. The summed E-state index contributed by atoms with van der Waals surface area (Å²) in [4.78, 5) is 40.0. The Kier molecular flexibility index (Phi) is 5.58. The summed E-state index contributed by atoms with van der Waals surface area (Å²) in [6.07, 6.45) is -0.164. The fraction of sp³-hybridized carbons (Fsp3) is 0.318. The average molecular weight is 410 g/mol. The molecule has 4 rings (SSSR count). The maximum Gasteiger partial charge on any atom is 0.308 e. The third-order valence-corrected chi connectivity index (χ3v) is 6.43. The minimum atomic E-state index is -0.878. The van der Waals surface area contributed by atoms with Crippen LogP contribution in [0.5, 0.6) is 0 Å². The van der Waals surface area contributed by atoms with Crippen molar-refractivity contribution in [1.29, 1.82) is 0 Å². The second-order valence-corrected chi connectivity index (χ2v) is 8.45. The van der Waals surface area contributed by atoms with Gasteiger partial charge in [0.15, 0.2) is 6.10 Å². The van der Waals surface area contributed by atoms with Gasteiger partial charge in [-0.1, -0.05) is 36.4 Å². The van der Waals surface area contributed by atoms with E-state index in [2.05, 4.69) is 11.4 Å². The second-order valence-electron chi connectivity index (χ2n) is 7.21. The molecule has 2 amide bonds. The van der Waals surface area contributed by atoms with Crippen LogP contribution in [0.3, 0.4) is 0 Å². The number of anilines is 1. The Morgan fingerprint density at radius 2 is 1.90 bits per heavy atom. The molecule has 2 aromatic carbocycles. The molecule has 0 fully saturated rings. The highest BCUT2D eigenvalue weighted by molar-refractivity contribution is 8.01. The molecule has 1 N–H and O–H groups in total. The van der Waals surface area contributed by atoms with E-state index in [4.69, 9.17) is 4.74 Å². The van der Waals surface area contributed by atoms with Crippen molar-refractivity contribution in [2.45, 2.75) is 42.6 Å². The molecule has 29 heavy (non-hydrogen) atoms. The minimum absolute atomic E-state index is 0.0781. The van der Waals surface area contributed by atoms with Crippen molar-refractivity contribution in [2.24, 2.45) is 0 Å². The number of thioether (sulfide) groups is 1. The Labute approximate surface area is 173 Å². The monoisotopic (exact) mass is 410 g/mol. The normalized spacial score (nSPS) is 18.9. The van der Waals surface area contributed by atoms with Crippen molar-refractivity contribution in [3.05, 3.63) is 59.7 Å². The summed E-state index contributed by atoms with van der Waals surface area (Å²) in [6, 6.07) is 15.5. The van der Waals surface area contributed by atoms with Gasteiger partial charge in [0.25, 0.3) is 5.91 Å². The summed E-state index contributed by atoms with van der Waals surface area (Å²) in [5.41, 5.74) is 3.13. The standard InChI is InChI=1S/C22H22N2O4S/c1-14(22(27)24-11-10-15-6-2-3-7-16(15)13-24)28-20(25)12-19-21(26)23-17-8-4-5-9-18(17)29-19/h2-9,14,19H,10-13H2,1H3,(H,23,26)/t14-,19+/m0/s1. The van der Waals surface area contributed by atoms with Crippen LogP contribution in [0.2, 0.25) is 0 Å². The lowest BCUT2D eigenvalue weighted by atomic mass is 9.99. The van der Waals surface area contributed by atoms with E-state index in [0.29, 0.717) is 13.1 Å². The molecular weight excluding hydrogens is 388 g/mol. The number of hydrogen-bond donors (Lipinski definition) is 1. The van der Waals surface area contributed by atoms with E-state index in [1.54, 1.807) is 11.8 Å². The van der Waals surface area contributed by atoms with E-state index in [1.165, 1.54) is 17.3 Å². The highest BCUT2D eigenvalue weighted by atomic mass is 32.2. The number of fused-ring (bicyclic) bond motifs is 2. The van der Waals surface area contributed by atoms with Gasteiger partial charge in [-0.2, -0.15) is 0 Å². The van der Waals surface area contributed by atoms with Gasteiger partial charge in [-0.05, 0) is 36.6 Å². The number of ether oxygens (including phenoxy) is 1. The van der Waals surface area contributed by atoms with Gasteiger partial charge in [-0.25, -0.2) is 0 Å². The van der Waals surface area contributed by atoms with Gasteiger partial charge in [-0.15, -0.1) is 11.8 Å². The largest absolute Gasteiger partial charge is 0.452 e. The molecule has 0 bridgehead atoms. The van der Waals surface area contributed by atoms with Crippen molar-refractivity contribution < 1.29 is 19.1 Å². The molecule has 0 saturated heterocycles. The number of nitrogens with zero attached hydrogens (tertiary/aromatic N) is 1. The van der Waals surface area contributed by atoms with Gasteiger partial charge in [0.05, 0.1) is 17.4 Å². The number of para-hydroxylation sites is 1. The SMILES string of the molecule is C[C@H](OC(=O)C[C@H]1Sc2ccccc2NC1=O)C(=O)N1CCc2ccccc2C1. The fourth-order valence-corrected chi connectivity index (χ4v) is 4.71. The van der Waals surface area contributed by atoms with Crippen molar-refractivity contribution in [1.82, 2.24) is 4.90 Å². The Morgan fingerprint density at radius 3 is 2.72 bits per heavy atom. The first-order valence-electron chi connectivity index (χ1n) is 9.63. The third-order valence-electron chi connectivity index (χ3n) is 5.16. The molecule has 150 valence electrons. The van der Waals surface area contributed by atoms with E-state index in [-0.39, 0.29) is 18.2 Å². The molecule has 2 aliphatic rings. The lowest BCUT2D eigenvalue weighted by Crippen LogP contribution is -2.43. The number of esters is 1. The van der Waals surface area contributed by atoms with Crippen molar-refractivity contribution in [3.8, 4) is 0 Å². The van der Waals surface area contributed by atoms with Crippen LogP contribution in [0.1, 0.15) is 24.5 Å². The van der Waals surface area contributed by atoms with Crippen LogP contribution in [0.4, 0.5) is 5.69 Å². The molecule has 2 heterocycles. The van der Waals surface area contributed by atoms with Gasteiger partial charge in [-0.3, -0.25) is 14.4 Å². The molecule has 2 atom stereocenters. The van der Waals surface area contributed by atoms with E-state index < -0.39 is 17.3 Å². The second kappa shape index (κ2) is 8.29. The van der Waals surface area contributed by atoms with Crippen molar-refractivity contribution >= 4 is 35.2 Å². The van der Waals surface area contributed by atoms with Crippen molar-refractivity contribution in [3.63, 3.8) is 0 Å². The smallest absolute Gasteiger partial charge is 0.308 e. The first kappa shape index (κ1) is 19.5. The van der Waals surface area contributed by atoms with Crippen LogP contribution < -0.4 is 5.32 Å². The highest BCUT2D eigenvalue weighted by Crippen LogP contribution is 2.36. The van der Waals surface area contributed by atoms with E-state index in [0.717, 1.165) is 22.6 Å². The number of nitrogens with one attached hydrogen (secondary N) is 1. The number of rotatable bonds is 4. The van der Waals surface area contributed by atoms with E-state index in [1.807, 2.05) is 42.5 Å². The topological polar surface area (TPSA) is 75.7 Å². The zero-order chi connectivity index (χ0) is 20.4. The summed E-state index contributed by atoms with van der Waals surface area (Å²) in [6.45, 7) is 2.72. The molecule has 0 saturated carbocycles. The van der Waals surface area contributed by atoms with Gasteiger partial charge >= 0.3 is 5.97 Å². The molecule has 0 radical (unpaired) electrons. The van der Waals surface area contributed by atoms with Crippen LogP contribution in [-0.4, -0.2) is 40.6 Å². The number of carbonyl (C=O) groups excluding carboxylic acids is 3. The Hall–Kier alpha value is -2.80. The van der Waals surface area contributed by atoms with Crippen LogP contribution in [0.25, 0.3) is 0 Å². The molecule has 0 unspecified atom stereocenters. The van der Waals surface area contributed by atoms with Crippen LogP contribution in [-0.2, 0) is 32.1 Å². The number of carbonyl (C=O) groups is 3. The van der Waals surface area contributed by atoms with E-state index in [9.17, 15) is 14.4 Å². The molecular formula is C22H22N2O4S. The van der Waals surface area contributed by atoms with Crippen LogP contribution >= 0.6 is 11.8 Å². The Balaban J connectivity index is 1.33. The molecule has 0 aliphatic carbocycles. The first-order chi connectivity index (χ1) is 14.0. The Morgan fingerprint density at radius 1 is 1.17 bits per heavy atom. The van der Waals surface area contributed by atoms with Gasteiger partial charge < -0.3 is 15.0 Å². The highest BCUT2D eigenvalue weighted by Gasteiger charge is 2.32. The predicted molar refractivity (Wildman–Crippen MR) is 110 cm³/mol. The molecule has 6 nitrogen and oxygen atoms in total. The Bertz CT molecular complexity index is 961. The van der Waals surface area contributed by atoms with Gasteiger partial charge in [0.2, 0.25) is 5.91 Å². The predicted octanol–water partition coefficient (Wildman–Crippen LogP) is 3.01. The zero-order valence-electron chi connectivity index (χ0n) is 16.1. The number of hydrogen-bond acceptors (Lipinski definition) is 5. The lowest BCUT2D eigenvalue weighted by molar-refractivity contribution is -0.159. The quantitative estimate of drug-likeness (QED) is 0.785. The van der Waals surface area contributed by atoms with Crippen LogP contribution in [0, 0.1) is 0 Å². The summed E-state index contributed by atoms with van der Waals surface area (Å²) < 4.78 is 5.37. The number of amides is 2. The summed E-state index contributed by atoms with van der Waals surface area (Å²) in [7, 11) is 0. The first-order valence-corrected chi connectivity index (χ1v) is 10.5. The van der Waals surface area contributed by atoms with Gasteiger partial charge in [0, 0.05) is 18.0 Å². The van der Waals surface area contributed by atoms with Gasteiger partial charge in [0.1, 0.15) is 0 Å². The minimum Gasteiger partial charge on any atom is -0.452 e. The number of benzene rings is 2. The molecule has 2 aliphatic heterocycles. The van der Waals surface area contributed by atoms with Crippen LogP contribution in [0.15, 0.2) is 53.4 Å². The van der Waals surface area contributed by atoms with Crippen molar-refractivity contribution in [2.75, 3.05) is 11.9 Å². The summed E-state index contributed by atoms with van der Waals surface area (Å²) in [5, 5.41) is 2.24. The molecule has 0 spiro atoms. The lowest BCUT2D eigenvalue weighted by Gasteiger charge is -2.31. The zero-order valence-corrected chi connectivity index (χ0v) is 16.9. The van der Waals surface area contributed by atoms with E-state index >= 15 is 0 Å². The molecule has 0 aromatic heterocycles. The summed E-state index contributed by atoms with van der Waals surface area (Å²) >= 11 is 1.34. The summed E-state index contributed by atoms with van der Waals surface area (Å²) in [5.74, 6) is -0.980.